The third-order valence-electron chi connectivity index (χ3n) is 3.39. The van der Waals surface area contributed by atoms with Crippen LogP contribution in [0.5, 0.6) is 0 Å². The second-order valence-electron chi connectivity index (χ2n) is 4.77. The van der Waals surface area contributed by atoms with E-state index < -0.39 is 11.0 Å². The third-order valence-corrected chi connectivity index (χ3v) is 4.09. The largest absolute Gasteiger partial charge is 0.465 e. The summed E-state index contributed by atoms with van der Waals surface area (Å²) in [6, 6.07) is -0.266. The molecule has 0 saturated carbocycles. The van der Waals surface area contributed by atoms with Gasteiger partial charge in [-0.25, -0.2) is 9.78 Å². The molecule has 1 saturated heterocycles. The number of piperazine rings is 1. The van der Waals surface area contributed by atoms with Crippen LogP contribution in [0, 0.1) is 10.1 Å². The highest BCUT2D eigenvalue weighted by Crippen LogP contribution is 2.33. The first-order valence-corrected chi connectivity index (χ1v) is 7.86. The van der Waals surface area contributed by atoms with Gasteiger partial charge in [-0.1, -0.05) is 15.9 Å². The number of carboxylic acid groups (broad SMARTS) is 1. The molecule has 1 aliphatic heterocycles. The number of nitro groups is 1. The van der Waals surface area contributed by atoms with Gasteiger partial charge in [-0.15, -0.1) is 0 Å². The lowest BCUT2D eigenvalue weighted by Gasteiger charge is -2.39. The lowest BCUT2D eigenvalue weighted by Crippen LogP contribution is -2.53. The molecule has 1 amide bonds. The summed E-state index contributed by atoms with van der Waals surface area (Å²) in [6.07, 6.45) is -1.01. The fourth-order valence-corrected chi connectivity index (χ4v) is 2.96. The molecule has 1 aliphatic rings. The highest BCUT2D eigenvalue weighted by molar-refractivity contribution is 9.08. The Labute approximate surface area is 139 Å². The summed E-state index contributed by atoms with van der Waals surface area (Å²) in [7, 11) is 0. The number of hydrogen-bond donors (Lipinski definition) is 1. The first kappa shape index (κ1) is 16.7. The van der Waals surface area contributed by atoms with Crippen LogP contribution in [0.3, 0.4) is 0 Å². The molecule has 1 fully saturated rings. The van der Waals surface area contributed by atoms with Gasteiger partial charge in [0.25, 0.3) is 0 Å². The molecule has 11 heteroatoms. The van der Waals surface area contributed by atoms with Crippen molar-refractivity contribution in [1.29, 1.82) is 0 Å². The molecule has 0 aliphatic carbocycles. The molecule has 0 bridgehead atoms. The van der Waals surface area contributed by atoms with Gasteiger partial charge in [0.1, 0.15) is 5.69 Å². The van der Waals surface area contributed by atoms with Crippen LogP contribution in [0.4, 0.5) is 16.3 Å². The molecule has 0 spiro atoms. The van der Waals surface area contributed by atoms with E-state index in [-0.39, 0.29) is 46.9 Å². The van der Waals surface area contributed by atoms with Gasteiger partial charge in [0, 0.05) is 25.7 Å². The van der Waals surface area contributed by atoms with Gasteiger partial charge in [0.2, 0.25) is 11.1 Å². The van der Waals surface area contributed by atoms with E-state index in [0.29, 0.717) is 6.54 Å². The van der Waals surface area contributed by atoms with Crippen LogP contribution >= 0.6 is 27.5 Å². The molecule has 1 N–H and O–H groups in total. The Kier molecular flexibility index (Phi) is 5.01. The maximum atomic E-state index is 11.4. The fourth-order valence-electron chi connectivity index (χ4n) is 2.39. The summed E-state index contributed by atoms with van der Waals surface area (Å²) in [5.74, 6) is 0.122. The molecule has 2 rings (SSSR count). The SMILES string of the molecule is C[C@H]1CN(C(=O)O)CCN1c1nc(Cl)nc(CBr)c1[N+](=O)[O-]. The molecule has 1 aromatic heterocycles. The van der Waals surface area contributed by atoms with E-state index in [1.165, 1.54) is 4.90 Å². The fraction of sp³-hybridized carbons (Fsp3) is 0.545. The number of alkyl halides is 1. The van der Waals surface area contributed by atoms with Crippen molar-refractivity contribution in [3.63, 3.8) is 0 Å². The standard InChI is InChI=1S/C11H13BrClN5O4/c1-6-5-16(11(19)20)2-3-17(6)9-8(18(21)22)7(4-12)14-10(13)15-9/h6H,2-5H2,1H3,(H,19,20)/t6-/m0/s1. The zero-order valence-corrected chi connectivity index (χ0v) is 13.9. The first-order chi connectivity index (χ1) is 10.3. The predicted octanol–water partition coefficient (Wildman–Crippen LogP) is 2.12. The molecule has 9 nitrogen and oxygen atoms in total. The monoisotopic (exact) mass is 393 g/mol. The van der Waals surface area contributed by atoms with E-state index in [1.807, 2.05) is 0 Å². The molecule has 2 heterocycles. The number of amides is 1. The smallest absolute Gasteiger partial charge is 0.407 e. The van der Waals surface area contributed by atoms with Crippen LogP contribution in [-0.4, -0.2) is 56.7 Å². The van der Waals surface area contributed by atoms with Crippen LogP contribution in [0.25, 0.3) is 0 Å². The number of hydrogen-bond acceptors (Lipinski definition) is 6. The summed E-state index contributed by atoms with van der Waals surface area (Å²) < 4.78 is 0. The van der Waals surface area contributed by atoms with Crippen molar-refractivity contribution in [2.45, 2.75) is 18.3 Å². The summed E-state index contributed by atoms with van der Waals surface area (Å²) in [5, 5.41) is 20.5. The molecule has 0 unspecified atom stereocenters. The van der Waals surface area contributed by atoms with Crippen molar-refractivity contribution in [3.8, 4) is 0 Å². The Morgan fingerprint density at radius 2 is 2.23 bits per heavy atom. The summed E-state index contributed by atoms with van der Waals surface area (Å²) in [4.78, 5) is 32.7. The van der Waals surface area contributed by atoms with Crippen molar-refractivity contribution >= 4 is 45.1 Å². The molecule has 1 atom stereocenters. The van der Waals surface area contributed by atoms with Gasteiger partial charge in [0.15, 0.2) is 0 Å². The quantitative estimate of drug-likeness (QED) is 0.361. The lowest BCUT2D eigenvalue weighted by atomic mass is 10.2. The third kappa shape index (κ3) is 3.22. The molecule has 1 aromatic rings. The molecule has 22 heavy (non-hydrogen) atoms. The second-order valence-corrected chi connectivity index (χ2v) is 5.67. The minimum Gasteiger partial charge on any atom is -0.465 e. The van der Waals surface area contributed by atoms with E-state index in [9.17, 15) is 14.9 Å². The van der Waals surface area contributed by atoms with E-state index in [1.54, 1.807) is 11.8 Å². The number of aromatic nitrogens is 2. The topological polar surface area (TPSA) is 113 Å². The normalized spacial score (nSPS) is 18.4. The zero-order chi connectivity index (χ0) is 16.4. The zero-order valence-electron chi connectivity index (χ0n) is 11.6. The van der Waals surface area contributed by atoms with Crippen molar-refractivity contribution in [1.82, 2.24) is 14.9 Å². The van der Waals surface area contributed by atoms with Crippen molar-refractivity contribution < 1.29 is 14.8 Å². The van der Waals surface area contributed by atoms with E-state index in [0.717, 1.165) is 0 Å². The highest BCUT2D eigenvalue weighted by Gasteiger charge is 2.34. The van der Waals surface area contributed by atoms with Gasteiger partial charge in [-0.05, 0) is 18.5 Å². The van der Waals surface area contributed by atoms with Crippen LogP contribution in [-0.2, 0) is 5.33 Å². The van der Waals surface area contributed by atoms with Crippen LogP contribution in [0.15, 0.2) is 0 Å². The summed E-state index contributed by atoms with van der Waals surface area (Å²) in [6.45, 7) is 2.55. The van der Waals surface area contributed by atoms with Gasteiger partial charge < -0.3 is 14.9 Å². The Morgan fingerprint density at radius 1 is 1.55 bits per heavy atom. The number of rotatable bonds is 3. The Bertz CT molecular complexity index is 616. The minimum atomic E-state index is -1.01. The average molecular weight is 395 g/mol. The number of halogens is 2. The second kappa shape index (κ2) is 6.61. The van der Waals surface area contributed by atoms with Crippen molar-refractivity contribution in [2.75, 3.05) is 24.5 Å². The number of anilines is 1. The van der Waals surface area contributed by atoms with E-state index in [4.69, 9.17) is 16.7 Å². The van der Waals surface area contributed by atoms with Crippen LogP contribution in [0.2, 0.25) is 5.28 Å². The summed E-state index contributed by atoms with van der Waals surface area (Å²) in [5.41, 5.74) is -0.0234. The Hall–Kier alpha value is -1.68. The van der Waals surface area contributed by atoms with Crippen LogP contribution < -0.4 is 4.90 Å². The lowest BCUT2D eigenvalue weighted by molar-refractivity contribution is -0.385. The predicted molar refractivity (Wildman–Crippen MR) is 82.7 cm³/mol. The summed E-state index contributed by atoms with van der Waals surface area (Å²) >= 11 is 9.01. The van der Waals surface area contributed by atoms with Gasteiger partial charge in [-0.2, -0.15) is 4.98 Å². The molecule has 0 aromatic carbocycles. The molecule has 120 valence electrons. The minimum absolute atomic E-state index is 0.0806. The first-order valence-electron chi connectivity index (χ1n) is 6.36. The van der Waals surface area contributed by atoms with Gasteiger partial charge >= 0.3 is 11.8 Å². The Morgan fingerprint density at radius 3 is 2.73 bits per heavy atom. The van der Waals surface area contributed by atoms with E-state index >= 15 is 0 Å². The van der Waals surface area contributed by atoms with Crippen molar-refractivity contribution in [2.24, 2.45) is 0 Å². The van der Waals surface area contributed by atoms with Crippen LogP contribution in [0.1, 0.15) is 12.6 Å². The number of nitrogens with zero attached hydrogens (tertiary/aromatic N) is 5. The highest BCUT2D eigenvalue weighted by atomic mass is 79.9. The number of carbonyl (C=O) groups is 1. The van der Waals surface area contributed by atoms with E-state index in [2.05, 4.69) is 25.9 Å². The van der Waals surface area contributed by atoms with Gasteiger partial charge in [0.05, 0.1) is 10.3 Å². The van der Waals surface area contributed by atoms with Crippen molar-refractivity contribution in [3.05, 3.63) is 21.1 Å². The maximum absolute atomic E-state index is 11.4. The Balaban J connectivity index is 2.42. The maximum Gasteiger partial charge on any atom is 0.407 e. The average Bonchev–Trinajstić information content (AvgIpc) is 2.45. The molecular weight excluding hydrogens is 382 g/mol. The van der Waals surface area contributed by atoms with Gasteiger partial charge in [-0.3, -0.25) is 10.1 Å². The molecular formula is C11H13BrClN5O4. The molecule has 0 radical (unpaired) electrons.